The fourth-order valence-corrected chi connectivity index (χ4v) is 4.69. The molecule has 2 heterocycles. The fraction of sp³-hybridized carbons (Fsp3) is 0.579. The summed E-state index contributed by atoms with van der Waals surface area (Å²) in [6.45, 7) is 8.55. The van der Waals surface area contributed by atoms with Crippen molar-refractivity contribution in [2.45, 2.75) is 57.7 Å². The van der Waals surface area contributed by atoms with Crippen LogP contribution in [-0.4, -0.2) is 51.8 Å². The number of carbonyl (C=O) groups is 2. The molecule has 0 saturated carbocycles. The van der Waals surface area contributed by atoms with E-state index in [0.29, 0.717) is 11.3 Å². The molecule has 0 radical (unpaired) electrons. The lowest BCUT2D eigenvalue weighted by Crippen LogP contribution is -2.64. The number of piperidine rings is 1. The van der Waals surface area contributed by atoms with Crippen molar-refractivity contribution in [3.63, 3.8) is 0 Å². The Morgan fingerprint density at radius 1 is 1.31 bits per heavy atom. The first-order chi connectivity index (χ1) is 12.0. The second-order valence-corrected chi connectivity index (χ2v) is 8.78. The fourth-order valence-electron chi connectivity index (χ4n) is 4.35. The van der Waals surface area contributed by atoms with Crippen LogP contribution in [0.1, 0.15) is 40.5 Å². The van der Waals surface area contributed by atoms with Crippen molar-refractivity contribution < 1.29 is 14.3 Å². The van der Waals surface area contributed by atoms with Crippen molar-refractivity contribution in [1.82, 2.24) is 10.2 Å². The van der Waals surface area contributed by atoms with E-state index in [-0.39, 0.29) is 28.1 Å². The van der Waals surface area contributed by atoms with Crippen molar-refractivity contribution in [3.05, 3.63) is 23.8 Å². The molecular weight excluding hydrogens is 350 g/mol. The van der Waals surface area contributed by atoms with Crippen LogP contribution in [0.3, 0.4) is 0 Å². The molecule has 3 aliphatic rings. The molecule has 1 atom stereocenters. The second kappa shape index (κ2) is 6.39. The highest BCUT2D eigenvalue weighted by atomic mass is 32.1. The van der Waals surface area contributed by atoms with Crippen LogP contribution in [0.15, 0.2) is 28.8 Å². The van der Waals surface area contributed by atoms with Gasteiger partial charge in [-0.15, -0.1) is 0 Å². The molecule has 1 aliphatic carbocycles. The summed E-state index contributed by atoms with van der Waals surface area (Å²) in [6, 6.07) is -0.00839. The number of rotatable bonds is 2. The summed E-state index contributed by atoms with van der Waals surface area (Å²) >= 11 is 5.46. The van der Waals surface area contributed by atoms with Gasteiger partial charge in [-0.05, 0) is 58.8 Å². The van der Waals surface area contributed by atoms with Crippen LogP contribution in [0.2, 0.25) is 0 Å². The number of hydrogen-bond acceptors (Lipinski definition) is 5. The third-order valence-corrected chi connectivity index (χ3v) is 5.27. The molecule has 3 rings (SSSR count). The standard InChI is InChI=1S/C19H25N3O3S/c1-18(2)9-12(10-19(3,4)21-18)22-15(23)13-7-6-11(16(24)25-5)8-14(13)20-17(22)26/h6-8,12-13,21H,9-10H2,1-5H3. The minimum atomic E-state index is -0.504. The van der Waals surface area contributed by atoms with Crippen LogP contribution in [0.5, 0.6) is 0 Å². The van der Waals surface area contributed by atoms with Gasteiger partial charge in [0.05, 0.1) is 24.3 Å². The second-order valence-electron chi connectivity index (χ2n) is 8.41. The van der Waals surface area contributed by atoms with Crippen molar-refractivity contribution in [1.29, 1.82) is 0 Å². The summed E-state index contributed by atoms with van der Waals surface area (Å²) in [4.78, 5) is 31.1. The first-order valence-electron chi connectivity index (χ1n) is 8.76. The number of fused-ring (bicyclic) bond motifs is 1. The Kier molecular flexibility index (Phi) is 4.65. The van der Waals surface area contributed by atoms with Gasteiger partial charge in [0.2, 0.25) is 11.0 Å². The normalized spacial score (nSPS) is 27.6. The van der Waals surface area contributed by atoms with E-state index in [1.807, 2.05) is 0 Å². The lowest BCUT2D eigenvalue weighted by molar-refractivity contribution is -0.136. The number of nitrogens with zero attached hydrogens (tertiary/aromatic N) is 2. The number of allylic oxidation sites excluding steroid dienone is 1. The largest absolute Gasteiger partial charge is 0.465 e. The summed E-state index contributed by atoms with van der Waals surface area (Å²) in [7, 11) is 1.32. The van der Waals surface area contributed by atoms with E-state index in [4.69, 9.17) is 17.0 Å². The molecule has 0 aromatic carbocycles. The summed E-state index contributed by atoms with van der Waals surface area (Å²) in [5.74, 6) is -1.03. The molecule has 1 fully saturated rings. The minimum Gasteiger partial charge on any atom is -0.465 e. The number of aliphatic imine (C=N–C) groups is 1. The Balaban J connectivity index is 1.91. The zero-order chi connectivity index (χ0) is 19.3. The zero-order valence-corrected chi connectivity index (χ0v) is 16.6. The van der Waals surface area contributed by atoms with Crippen LogP contribution in [0.4, 0.5) is 0 Å². The number of esters is 1. The van der Waals surface area contributed by atoms with Crippen LogP contribution in [-0.2, 0) is 14.3 Å². The predicted octanol–water partition coefficient (Wildman–Crippen LogP) is 2.15. The molecule has 1 amide bonds. The van der Waals surface area contributed by atoms with Crippen LogP contribution >= 0.6 is 12.2 Å². The van der Waals surface area contributed by atoms with Crippen LogP contribution in [0, 0.1) is 5.92 Å². The maximum absolute atomic E-state index is 13.2. The van der Waals surface area contributed by atoms with E-state index in [1.54, 1.807) is 23.1 Å². The number of thiocarbonyl (C=S) groups is 1. The highest BCUT2D eigenvalue weighted by molar-refractivity contribution is 7.80. The van der Waals surface area contributed by atoms with Gasteiger partial charge in [0.25, 0.3) is 0 Å². The lowest BCUT2D eigenvalue weighted by atomic mass is 9.78. The summed E-state index contributed by atoms with van der Waals surface area (Å²) in [5, 5.41) is 3.89. The number of methoxy groups -OCH3 is 1. The molecule has 1 saturated heterocycles. The van der Waals surface area contributed by atoms with E-state index < -0.39 is 11.9 Å². The van der Waals surface area contributed by atoms with Gasteiger partial charge in [0, 0.05) is 17.1 Å². The van der Waals surface area contributed by atoms with Crippen molar-refractivity contribution >= 4 is 34.9 Å². The maximum atomic E-state index is 13.2. The first kappa shape index (κ1) is 18.9. The average Bonchev–Trinajstić information content (AvgIpc) is 2.50. The van der Waals surface area contributed by atoms with E-state index in [9.17, 15) is 9.59 Å². The summed E-state index contributed by atoms with van der Waals surface area (Å²) in [6.07, 6.45) is 6.52. The quantitative estimate of drug-likeness (QED) is 0.591. The molecule has 2 aliphatic heterocycles. The van der Waals surface area contributed by atoms with E-state index in [0.717, 1.165) is 12.8 Å². The molecular formula is C19H25N3O3S. The van der Waals surface area contributed by atoms with Crippen molar-refractivity contribution in [2.75, 3.05) is 7.11 Å². The Bertz CT molecular complexity index is 748. The Morgan fingerprint density at radius 2 is 1.92 bits per heavy atom. The Labute approximate surface area is 159 Å². The topological polar surface area (TPSA) is 71.0 Å². The third kappa shape index (κ3) is 3.50. The smallest absolute Gasteiger partial charge is 0.337 e. The molecule has 7 heteroatoms. The minimum absolute atomic E-state index is 0.00839. The molecule has 1 unspecified atom stereocenters. The number of nitrogens with one attached hydrogen (secondary N) is 1. The summed E-state index contributed by atoms with van der Waals surface area (Å²) in [5.41, 5.74) is 0.668. The molecule has 0 bridgehead atoms. The highest BCUT2D eigenvalue weighted by Crippen LogP contribution is 2.34. The molecule has 140 valence electrons. The highest BCUT2D eigenvalue weighted by Gasteiger charge is 2.45. The molecule has 0 aromatic heterocycles. The molecule has 0 aromatic rings. The number of carbonyl (C=O) groups excluding carboxylic acids is 2. The SMILES string of the molecule is COC(=O)C1=CC2=NC(=S)N(C3CC(C)(C)NC(C)(C)C3)C(=O)C2C=C1. The third-order valence-electron chi connectivity index (χ3n) is 4.98. The van der Waals surface area contributed by atoms with Gasteiger partial charge in [0.1, 0.15) is 0 Å². The first-order valence-corrected chi connectivity index (χ1v) is 9.17. The van der Waals surface area contributed by atoms with Gasteiger partial charge in [-0.3, -0.25) is 9.69 Å². The maximum Gasteiger partial charge on any atom is 0.337 e. The van der Waals surface area contributed by atoms with E-state index >= 15 is 0 Å². The Hall–Kier alpha value is -1.86. The van der Waals surface area contributed by atoms with E-state index in [2.05, 4.69) is 38.0 Å². The molecule has 0 spiro atoms. The van der Waals surface area contributed by atoms with Crippen molar-refractivity contribution in [2.24, 2.45) is 10.9 Å². The van der Waals surface area contributed by atoms with Gasteiger partial charge in [-0.1, -0.05) is 12.2 Å². The average molecular weight is 375 g/mol. The number of amides is 1. The molecule has 1 N–H and O–H groups in total. The predicted molar refractivity (Wildman–Crippen MR) is 104 cm³/mol. The van der Waals surface area contributed by atoms with Gasteiger partial charge in [0.15, 0.2) is 0 Å². The van der Waals surface area contributed by atoms with Gasteiger partial charge >= 0.3 is 5.97 Å². The zero-order valence-electron chi connectivity index (χ0n) is 15.8. The Morgan fingerprint density at radius 3 is 2.50 bits per heavy atom. The van der Waals surface area contributed by atoms with E-state index in [1.165, 1.54) is 7.11 Å². The van der Waals surface area contributed by atoms with Crippen molar-refractivity contribution in [3.8, 4) is 0 Å². The monoisotopic (exact) mass is 375 g/mol. The van der Waals surface area contributed by atoms with Gasteiger partial charge in [-0.25, -0.2) is 9.79 Å². The summed E-state index contributed by atoms with van der Waals surface area (Å²) < 4.78 is 4.74. The molecule has 6 nitrogen and oxygen atoms in total. The van der Waals surface area contributed by atoms with Crippen LogP contribution < -0.4 is 5.32 Å². The van der Waals surface area contributed by atoms with Crippen LogP contribution in [0.25, 0.3) is 0 Å². The number of ether oxygens (including phenoxy) is 1. The van der Waals surface area contributed by atoms with Gasteiger partial charge < -0.3 is 10.1 Å². The van der Waals surface area contributed by atoms with Gasteiger partial charge in [-0.2, -0.15) is 0 Å². The lowest BCUT2D eigenvalue weighted by Gasteiger charge is -2.50. The molecule has 26 heavy (non-hydrogen) atoms. The number of hydrogen-bond donors (Lipinski definition) is 1.